The predicted octanol–water partition coefficient (Wildman–Crippen LogP) is 3.19. The van der Waals surface area contributed by atoms with E-state index >= 15 is 0 Å². The summed E-state index contributed by atoms with van der Waals surface area (Å²) in [6.45, 7) is 2.74. The molecule has 5 nitrogen and oxygen atoms in total. The van der Waals surface area contributed by atoms with Gasteiger partial charge >= 0.3 is 0 Å². The summed E-state index contributed by atoms with van der Waals surface area (Å²) < 4.78 is 11.0. The number of hydrogen-bond donors (Lipinski definition) is 3. The highest BCUT2D eigenvalue weighted by Gasteiger charge is 2.40. The maximum atomic E-state index is 10.0. The molecule has 1 saturated heterocycles. The Morgan fingerprint density at radius 1 is 0.920 bits per heavy atom. The van der Waals surface area contributed by atoms with Crippen LogP contribution >= 0.6 is 0 Å². The van der Waals surface area contributed by atoms with Crippen molar-refractivity contribution in [3.63, 3.8) is 0 Å². The fourth-order valence-electron chi connectivity index (χ4n) is 3.38. The van der Waals surface area contributed by atoms with Gasteiger partial charge in [-0.3, -0.25) is 0 Å². The SMILES string of the molecule is CCCCCCCCCCCCCCO[C@@H]1CO[C@@H]([C@@H](O)CO)[C@H]1O. The molecule has 5 heteroatoms. The Kier molecular flexibility index (Phi) is 13.6. The van der Waals surface area contributed by atoms with Crippen LogP contribution in [0.1, 0.15) is 84.0 Å². The van der Waals surface area contributed by atoms with Gasteiger partial charge in [0.05, 0.1) is 13.2 Å². The zero-order valence-corrected chi connectivity index (χ0v) is 16.1. The van der Waals surface area contributed by atoms with Crippen molar-refractivity contribution in [3.05, 3.63) is 0 Å². The van der Waals surface area contributed by atoms with Gasteiger partial charge in [-0.2, -0.15) is 0 Å². The van der Waals surface area contributed by atoms with Crippen molar-refractivity contribution in [2.75, 3.05) is 19.8 Å². The first-order valence-corrected chi connectivity index (χ1v) is 10.4. The van der Waals surface area contributed by atoms with Gasteiger partial charge in [0.1, 0.15) is 24.4 Å². The molecule has 0 saturated carbocycles. The third-order valence-corrected chi connectivity index (χ3v) is 5.07. The van der Waals surface area contributed by atoms with Crippen LogP contribution in [-0.4, -0.2) is 59.6 Å². The Bertz CT molecular complexity index is 300. The molecule has 1 heterocycles. The number of ether oxygens (including phenoxy) is 2. The van der Waals surface area contributed by atoms with Gasteiger partial charge in [0.15, 0.2) is 0 Å². The van der Waals surface area contributed by atoms with Crippen LogP contribution in [0.2, 0.25) is 0 Å². The van der Waals surface area contributed by atoms with E-state index in [1.165, 1.54) is 64.2 Å². The molecule has 25 heavy (non-hydrogen) atoms. The van der Waals surface area contributed by atoms with Crippen LogP contribution in [0.3, 0.4) is 0 Å². The third-order valence-electron chi connectivity index (χ3n) is 5.07. The number of unbranched alkanes of at least 4 members (excludes halogenated alkanes) is 11. The Morgan fingerprint density at radius 3 is 1.96 bits per heavy atom. The first-order chi connectivity index (χ1) is 12.2. The molecule has 0 aromatic heterocycles. The van der Waals surface area contributed by atoms with Gasteiger partial charge in [0.25, 0.3) is 0 Å². The monoisotopic (exact) mass is 360 g/mol. The van der Waals surface area contributed by atoms with Crippen LogP contribution in [-0.2, 0) is 9.47 Å². The van der Waals surface area contributed by atoms with Crippen molar-refractivity contribution < 1.29 is 24.8 Å². The molecule has 0 unspecified atom stereocenters. The quantitative estimate of drug-likeness (QED) is 0.368. The first-order valence-electron chi connectivity index (χ1n) is 10.4. The van der Waals surface area contributed by atoms with Crippen LogP contribution in [0, 0.1) is 0 Å². The molecule has 0 bridgehead atoms. The molecule has 0 radical (unpaired) electrons. The summed E-state index contributed by atoms with van der Waals surface area (Å²) in [5, 5.41) is 28.5. The second kappa shape index (κ2) is 14.9. The number of hydrogen-bond acceptors (Lipinski definition) is 5. The molecule has 0 spiro atoms. The fraction of sp³-hybridized carbons (Fsp3) is 1.00. The van der Waals surface area contributed by atoms with E-state index in [-0.39, 0.29) is 12.7 Å². The van der Waals surface area contributed by atoms with Gasteiger partial charge < -0.3 is 24.8 Å². The van der Waals surface area contributed by atoms with Gasteiger partial charge in [-0.05, 0) is 6.42 Å². The number of rotatable bonds is 16. The van der Waals surface area contributed by atoms with E-state index in [4.69, 9.17) is 14.6 Å². The Morgan fingerprint density at radius 2 is 1.44 bits per heavy atom. The molecule has 150 valence electrons. The van der Waals surface area contributed by atoms with Gasteiger partial charge in [-0.1, -0.05) is 77.6 Å². The van der Waals surface area contributed by atoms with Crippen molar-refractivity contribution in [2.45, 2.75) is 108 Å². The Hall–Kier alpha value is -0.200. The minimum atomic E-state index is -1.05. The lowest BCUT2D eigenvalue weighted by Gasteiger charge is -2.20. The molecule has 0 aromatic carbocycles. The molecule has 1 fully saturated rings. The smallest absolute Gasteiger partial charge is 0.114 e. The van der Waals surface area contributed by atoms with Crippen molar-refractivity contribution in [3.8, 4) is 0 Å². The molecule has 0 amide bonds. The topological polar surface area (TPSA) is 79.2 Å². The fourth-order valence-corrected chi connectivity index (χ4v) is 3.38. The first kappa shape index (κ1) is 22.8. The highest BCUT2D eigenvalue weighted by Crippen LogP contribution is 2.20. The largest absolute Gasteiger partial charge is 0.394 e. The lowest BCUT2D eigenvalue weighted by atomic mass is 10.1. The molecular formula is C20H40O5. The number of aliphatic hydroxyl groups excluding tert-OH is 3. The highest BCUT2D eigenvalue weighted by atomic mass is 16.6. The Labute approximate surface area is 153 Å². The summed E-state index contributed by atoms with van der Waals surface area (Å²) in [7, 11) is 0. The Balaban J connectivity index is 1.86. The zero-order chi connectivity index (χ0) is 18.3. The van der Waals surface area contributed by atoms with Gasteiger partial charge in [-0.15, -0.1) is 0 Å². The van der Waals surface area contributed by atoms with Crippen molar-refractivity contribution in [1.29, 1.82) is 0 Å². The normalized spacial score (nSPS) is 24.7. The summed E-state index contributed by atoms with van der Waals surface area (Å²) in [6.07, 6.45) is 12.6. The molecule has 1 rings (SSSR count). The molecule has 0 aromatic rings. The third kappa shape index (κ3) is 9.90. The zero-order valence-electron chi connectivity index (χ0n) is 16.1. The molecule has 3 N–H and O–H groups in total. The summed E-state index contributed by atoms with van der Waals surface area (Å²) in [6, 6.07) is 0. The van der Waals surface area contributed by atoms with Gasteiger partial charge in [0, 0.05) is 6.61 Å². The maximum absolute atomic E-state index is 10.0. The molecule has 0 aliphatic carbocycles. The van der Waals surface area contributed by atoms with E-state index in [0.29, 0.717) is 6.61 Å². The maximum Gasteiger partial charge on any atom is 0.114 e. The van der Waals surface area contributed by atoms with Gasteiger partial charge in [-0.25, -0.2) is 0 Å². The second-order valence-electron chi connectivity index (χ2n) is 7.34. The van der Waals surface area contributed by atoms with Crippen LogP contribution in [0.15, 0.2) is 0 Å². The minimum absolute atomic E-state index is 0.279. The average Bonchev–Trinajstić information content (AvgIpc) is 2.99. The van der Waals surface area contributed by atoms with Crippen LogP contribution in [0.25, 0.3) is 0 Å². The predicted molar refractivity (Wildman–Crippen MR) is 99.7 cm³/mol. The lowest BCUT2D eigenvalue weighted by molar-refractivity contribution is -0.0730. The van der Waals surface area contributed by atoms with Gasteiger partial charge in [0.2, 0.25) is 0 Å². The van der Waals surface area contributed by atoms with E-state index in [9.17, 15) is 10.2 Å². The van der Waals surface area contributed by atoms with Crippen LogP contribution in [0.4, 0.5) is 0 Å². The summed E-state index contributed by atoms with van der Waals surface area (Å²) in [4.78, 5) is 0. The van der Waals surface area contributed by atoms with Crippen LogP contribution in [0.5, 0.6) is 0 Å². The highest BCUT2D eigenvalue weighted by molar-refractivity contribution is 4.88. The van der Waals surface area contributed by atoms with E-state index < -0.39 is 24.9 Å². The average molecular weight is 361 g/mol. The standard InChI is InChI=1S/C20H40O5/c1-2-3-4-5-6-7-8-9-10-11-12-13-14-24-18-16-25-20(19(18)23)17(22)15-21/h17-23H,2-16H2,1H3/t17-,18+,19-,20-/m0/s1. The molecule has 1 aliphatic rings. The van der Waals surface area contributed by atoms with E-state index in [0.717, 1.165) is 12.8 Å². The van der Waals surface area contributed by atoms with E-state index in [2.05, 4.69) is 6.92 Å². The summed E-state index contributed by atoms with van der Waals surface area (Å²) in [5.41, 5.74) is 0. The summed E-state index contributed by atoms with van der Waals surface area (Å²) in [5.74, 6) is 0. The minimum Gasteiger partial charge on any atom is -0.394 e. The number of aliphatic hydroxyl groups is 3. The van der Waals surface area contributed by atoms with E-state index in [1.807, 2.05) is 0 Å². The van der Waals surface area contributed by atoms with Crippen molar-refractivity contribution in [1.82, 2.24) is 0 Å². The van der Waals surface area contributed by atoms with E-state index in [1.54, 1.807) is 0 Å². The van der Waals surface area contributed by atoms with Crippen molar-refractivity contribution >= 4 is 0 Å². The lowest BCUT2D eigenvalue weighted by Crippen LogP contribution is -2.41. The second-order valence-corrected chi connectivity index (χ2v) is 7.34. The molecule has 1 aliphatic heterocycles. The molecular weight excluding hydrogens is 320 g/mol. The van der Waals surface area contributed by atoms with Crippen molar-refractivity contribution in [2.24, 2.45) is 0 Å². The summed E-state index contributed by atoms with van der Waals surface area (Å²) >= 11 is 0. The van der Waals surface area contributed by atoms with Crippen LogP contribution < -0.4 is 0 Å². The molecule has 4 atom stereocenters.